The zero-order valence-electron chi connectivity index (χ0n) is 7.36. The molecule has 0 amide bonds. The first-order chi connectivity index (χ1) is 6.03. The largest absolute Gasteiger partial charge is 0.508 e. The van der Waals surface area contributed by atoms with Gasteiger partial charge < -0.3 is 15.3 Å². The first-order valence-electron chi connectivity index (χ1n) is 3.95. The van der Waals surface area contributed by atoms with E-state index in [1.807, 2.05) is 0 Å². The Morgan fingerprint density at radius 1 is 1.38 bits per heavy atom. The van der Waals surface area contributed by atoms with E-state index < -0.39 is 5.91 Å². The van der Waals surface area contributed by atoms with Crippen LogP contribution in [-0.2, 0) is 6.42 Å². The minimum Gasteiger partial charge on any atom is -0.508 e. The second kappa shape index (κ2) is 3.74. The minimum atomic E-state index is -1.92. The molecule has 0 unspecified atom stereocenters. The van der Waals surface area contributed by atoms with Gasteiger partial charge in [0.1, 0.15) is 5.75 Å². The van der Waals surface area contributed by atoms with Crippen LogP contribution in [0.5, 0.6) is 5.75 Å². The van der Waals surface area contributed by atoms with Crippen molar-refractivity contribution in [3.05, 3.63) is 29.8 Å². The highest BCUT2D eigenvalue weighted by atomic mass is 16.5. The average Bonchev–Trinajstić information content (AvgIpc) is 2.03. The van der Waals surface area contributed by atoms with Gasteiger partial charge in [-0.15, -0.1) is 0 Å². The van der Waals surface area contributed by atoms with E-state index >= 15 is 0 Å². The number of rotatable bonds is 3. The number of likely N-dealkylation sites (N-methyl/N-ethyl adjacent to an activating group) is 1. The predicted molar refractivity (Wildman–Crippen MR) is 48.0 cm³/mol. The number of aliphatic hydroxyl groups is 2. The molecule has 0 radical (unpaired) electrons. The Kier molecular flexibility index (Phi) is 2.87. The topological polar surface area (TPSA) is 72.7 Å². The molecule has 0 fully saturated rings. The highest BCUT2D eigenvalue weighted by molar-refractivity contribution is 5.27. The lowest BCUT2D eigenvalue weighted by atomic mass is 10.1. The Bertz CT molecular complexity index is 286. The van der Waals surface area contributed by atoms with Crippen LogP contribution < -0.4 is 5.32 Å². The number of aromatic hydroxyl groups is 1. The van der Waals surface area contributed by atoms with E-state index in [0.29, 0.717) is 5.56 Å². The van der Waals surface area contributed by atoms with Gasteiger partial charge in [-0.25, -0.2) is 0 Å². The molecule has 0 aliphatic rings. The maximum absolute atomic E-state index is 9.23. The zero-order chi connectivity index (χ0) is 9.90. The van der Waals surface area contributed by atoms with Crippen molar-refractivity contribution in [2.24, 2.45) is 0 Å². The van der Waals surface area contributed by atoms with Gasteiger partial charge in [0, 0.05) is 6.42 Å². The van der Waals surface area contributed by atoms with Gasteiger partial charge in [0.2, 0.25) is 5.91 Å². The SMILES string of the molecule is CNC(O)(O)Cc1cccc(O)c1. The van der Waals surface area contributed by atoms with Crippen LogP contribution in [0, 0.1) is 0 Å². The van der Waals surface area contributed by atoms with Crippen LogP contribution in [0.3, 0.4) is 0 Å². The third-order valence-electron chi connectivity index (χ3n) is 1.76. The lowest BCUT2D eigenvalue weighted by Gasteiger charge is -2.20. The van der Waals surface area contributed by atoms with Crippen molar-refractivity contribution >= 4 is 0 Å². The molecule has 0 saturated carbocycles. The molecule has 0 heterocycles. The van der Waals surface area contributed by atoms with Crippen LogP contribution in [-0.4, -0.2) is 28.3 Å². The summed E-state index contributed by atoms with van der Waals surface area (Å²) in [6.45, 7) is 0. The summed E-state index contributed by atoms with van der Waals surface area (Å²) < 4.78 is 0. The lowest BCUT2D eigenvalue weighted by Crippen LogP contribution is -2.44. The Hall–Kier alpha value is -1.10. The summed E-state index contributed by atoms with van der Waals surface area (Å²) >= 11 is 0. The maximum Gasteiger partial charge on any atom is 0.226 e. The van der Waals surface area contributed by atoms with Crippen LogP contribution in [0.1, 0.15) is 5.56 Å². The van der Waals surface area contributed by atoms with Crippen molar-refractivity contribution in [3.63, 3.8) is 0 Å². The second-order valence-corrected chi connectivity index (χ2v) is 2.91. The molecule has 1 aromatic rings. The fourth-order valence-electron chi connectivity index (χ4n) is 1.04. The summed E-state index contributed by atoms with van der Waals surface area (Å²) in [5, 5.41) is 29.9. The Morgan fingerprint density at radius 3 is 2.62 bits per heavy atom. The molecule has 1 rings (SSSR count). The molecule has 0 spiro atoms. The number of phenolic OH excluding ortho intramolecular Hbond substituents is 1. The molecule has 1 aromatic carbocycles. The van der Waals surface area contributed by atoms with E-state index in [0.717, 1.165) is 0 Å². The Balaban J connectivity index is 2.74. The maximum atomic E-state index is 9.23. The first-order valence-corrected chi connectivity index (χ1v) is 3.95. The Labute approximate surface area is 76.5 Å². The van der Waals surface area contributed by atoms with Crippen LogP contribution in [0.2, 0.25) is 0 Å². The summed E-state index contributed by atoms with van der Waals surface area (Å²) in [6.07, 6.45) is 0.0257. The van der Waals surface area contributed by atoms with E-state index in [2.05, 4.69) is 5.32 Å². The van der Waals surface area contributed by atoms with Crippen molar-refractivity contribution < 1.29 is 15.3 Å². The molecular weight excluding hydrogens is 170 g/mol. The molecule has 0 atom stereocenters. The number of hydrogen-bond donors (Lipinski definition) is 4. The fraction of sp³-hybridized carbons (Fsp3) is 0.333. The lowest BCUT2D eigenvalue weighted by molar-refractivity contribution is -0.179. The number of benzene rings is 1. The summed E-state index contributed by atoms with van der Waals surface area (Å²) in [4.78, 5) is 0. The van der Waals surface area contributed by atoms with Gasteiger partial charge in [0.15, 0.2) is 0 Å². The summed E-state index contributed by atoms with van der Waals surface area (Å²) in [6, 6.07) is 6.37. The molecule has 4 nitrogen and oxygen atoms in total. The fourth-order valence-corrected chi connectivity index (χ4v) is 1.04. The minimum absolute atomic E-state index is 0.0257. The molecule has 0 saturated heterocycles. The number of nitrogens with one attached hydrogen (secondary N) is 1. The molecule has 72 valence electrons. The number of hydrogen-bond acceptors (Lipinski definition) is 4. The van der Waals surface area contributed by atoms with Gasteiger partial charge in [0.25, 0.3) is 0 Å². The van der Waals surface area contributed by atoms with Crippen molar-refractivity contribution in [1.82, 2.24) is 5.32 Å². The van der Waals surface area contributed by atoms with Gasteiger partial charge in [-0.1, -0.05) is 12.1 Å². The van der Waals surface area contributed by atoms with Crippen molar-refractivity contribution in [3.8, 4) is 5.75 Å². The third-order valence-corrected chi connectivity index (χ3v) is 1.76. The molecule has 4 N–H and O–H groups in total. The normalized spacial score (nSPS) is 11.6. The Morgan fingerprint density at radius 2 is 2.08 bits per heavy atom. The highest BCUT2D eigenvalue weighted by Crippen LogP contribution is 2.14. The van der Waals surface area contributed by atoms with E-state index in [-0.39, 0.29) is 12.2 Å². The van der Waals surface area contributed by atoms with Gasteiger partial charge in [-0.2, -0.15) is 0 Å². The first kappa shape index (κ1) is 9.98. The van der Waals surface area contributed by atoms with E-state index in [1.54, 1.807) is 12.1 Å². The molecular formula is C9H13NO3. The molecule has 0 aliphatic carbocycles. The molecule has 13 heavy (non-hydrogen) atoms. The number of phenols is 1. The van der Waals surface area contributed by atoms with E-state index in [1.165, 1.54) is 19.2 Å². The third kappa shape index (κ3) is 3.02. The average molecular weight is 183 g/mol. The van der Waals surface area contributed by atoms with Gasteiger partial charge in [-0.05, 0) is 24.7 Å². The van der Waals surface area contributed by atoms with Crippen molar-refractivity contribution in [1.29, 1.82) is 0 Å². The monoisotopic (exact) mass is 183 g/mol. The second-order valence-electron chi connectivity index (χ2n) is 2.91. The van der Waals surface area contributed by atoms with E-state index in [9.17, 15) is 10.2 Å². The summed E-state index contributed by atoms with van der Waals surface area (Å²) in [5.74, 6) is -1.81. The molecule has 0 aliphatic heterocycles. The van der Waals surface area contributed by atoms with Crippen LogP contribution in [0.15, 0.2) is 24.3 Å². The zero-order valence-corrected chi connectivity index (χ0v) is 7.36. The van der Waals surface area contributed by atoms with Crippen LogP contribution in [0.4, 0.5) is 0 Å². The van der Waals surface area contributed by atoms with Crippen molar-refractivity contribution in [2.45, 2.75) is 12.3 Å². The summed E-state index contributed by atoms with van der Waals surface area (Å²) in [5.41, 5.74) is 0.652. The highest BCUT2D eigenvalue weighted by Gasteiger charge is 2.20. The van der Waals surface area contributed by atoms with Gasteiger partial charge in [-0.3, -0.25) is 5.32 Å². The summed E-state index contributed by atoms with van der Waals surface area (Å²) in [7, 11) is 1.45. The van der Waals surface area contributed by atoms with Crippen molar-refractivity contribution in [2.75, 3.05) is 7.05 Å². The molecule has 0 aromatic heterocycles. The van der Waals surface area contributed by atoms with E-state index in [4.69, 9.17) is 5.11 Å². The smallest absolute Gasteiger partial charge is 0.226 e. The van der Waals surface area contributed by atoms with Crippen LogP contribution in [0.25, 0.3) is 0 Å². The molecule has 0 bridgehead atoms. The van der Waals surface area contributed by atoms with Gasteiger partial charge >= 0.3 is 0 Å². The predicted octanol–water partition coefficient (Wildman–Crippen LogP) is -0.208. The van der Waals surface area contributed by atoms with Gasteiger partial charge in [0.05, 0.1) is 0 Å². The quantitative estimate of drug-likeness (QED) is 0.489. The van der Waals surface area contributed by atoms with Crippen LogP contribution >= 0.6 is 0 Å². The standard InChI is InChI=1S/C9H13NO3/c1-10-9(12,13)6-7-3-2-4-8(11)5-7/h2-5,10-13H,6H2,1H3. The molecule has 4 heteroatoms.